The van der Waals surface area contributed by atoms with Crippen molar-refractivity contribution in [1.82, 2.24) is 4.98 Å². The first-order valence-corrected chi connectivity index (χ1v) is 6.13. The number of thioether (sulfide) groups is 1. The molecule has 1 aromatic carbocycles. The van der Waals surface area contributed by atoms with E-state index in [1.165, 1.54) is 23.9 Å². The van der Waals surface area contributed by atoms with E-state index in [9.17, 15) is 4.79 Å². The number of rotatable bonds is 4. The van der Waals surface area contributed by atoms with Crippen LogP contribution in [-0.2, 0) is 7.05 Å². The molecule has 88 valence electrons. The lowest BCUT2D eigenvalue weighted by Crippen LogP contribution is -2.27. The van der Waals surface area contributed by atoms with Gasteiger partial charge < -0.3 is 5.11 Å². The molecule has 0 fully saturated rings. The van der Waals surface area contributed by atoms with Crippen molar-refractivity contribution in [2.24, 2.45) is 7.05 Å². The minimum absolute atomic E-state index is 0.0459. The number of ketones is 1. The number of phenolic OH excluding ortho intramolecular Hbond substituents is 1. The standard InChI is InChI=1S/C12H12N2O2S/c1-14-7-6-13-12(14)17-8-11(16)9-2-4-10(15)5-3-9/h2-7H,8H2,1H3,(H,15,16)/p+1. The number of carbonyl (C=O) groups is 1. The SMILES string of the molecule is C[n+]1cc[nH]c1SCC(=O)c1ccc(O)cc1. The Bertz CT molecular complexity index is 520. The largest absolute Gasteiger partial charge is 0.508 e. The summed E-state index contributed by atoms with van der Waals surface area (Å²) in [6, 6.07) is 6.30. The van der Waals surface area contributed by atoms with Crippen LogP contribution in [0.4, 0.5) is 0 Å². The molecule has 17 heavy (non-hydrogen) atoms. The number of hydrogen-bond acceptors (Lipinski definition) is 3. The first-order valence-electron chi connectivity index (χ1n) is 5.15. The lowest BCUT2D eigenvalue weighted by molar-refractivity contribution is -0.708. The molecule has 5 heteroatoms. The highest BCUT2D eigenvalue weighted by atomic mass is 32.2. The predicted octanol–water partition coefficient (Wildman–Crippen LogP) is 1.52. The molecular formula is C12H13N2O2S+. The molecule has 1 heterocycles. The monoisotopic (exact) mass is 249 g/mol. The van der Waals surface area contributed by atoms with E-state index in [4.69, 9.17) is 5.11 Å². The highest BCUT2D eigenvalue weighted by molar-refractivity contribution is 7.99. The van der Waals surface area contributed by atoms with Gasteiger partial charge in [0, 0.05) is 5.56 Å². The number of imidazole rings is 1. The molecule has 0 amide bonds. The summed E-state index contributed by atoms with van der Waals surface area (Å²) in [6.07, 6.45) is 3.72. The minimum Gasteiger partial charge on any atom is -0.508 e. The molecule has 2 aromatic rings. The van der Waals surface area contributed by atoms with Gasteiger partial charge in [0.1, 0.15) is 18.1 Å². The van der Waals surface area contributed by atoms with Crippen LogP contribution in [-0.4, -0.2) is 21.6 Å². The van der Waals surface area contributed by atoms with Crippen LogP contribution in [0.2, 0.25) is 0 Å². The Morgan fingerprint density at radius 3 is 2.71 bits per heavy atom. The first kappa shape index (κ1) is 11.7. The quantitative estimate of drug-likeness (QED) is 0.491. The van der Waals surface area contributed by atoms with Crippen LogP contribution in [0.5, 0.6) is 5.75 Å². The molecule has 0 saturated heterocycles. The van der Waals surface area contributed by atoms with Crippen molar-refractivity contribution < 1.29 is 14.5 Å². The van der Waals surface area contributed by atoms with Crippen LogP contribution in [0.1, 0.15) is 10.4 Å². The van der Waals surface area contributed by atoms with Crippen molar-refractivity contribution in [1.29, 1.82) is 0 Å². The van der Waals surface area contributed by atoms with Gasteiger partial charge in [0.2, 0.25) is 0 Å². The Kier molecular flexibility index (Phi) is 3.49. The zero-order valence-corrected chi connectivity index (χ0v) is 10.2. The van der Waals surface area contributed by atoms with Crippen molar-refractivity contribution in [2.75, 3.05) is 5.75 Å². The molecule has 1 aromatic heterocycles. The number of benzene rings is 1. The summed E-state index contributed by atoms with van der Waals surface area (Å²) >= 11 is 1.46. The van der Waals surface area contributed by atoms with E-state index in [1.54, 1.807) is 12.1 Å². The molecule has 0 atom stereocenters. The van der Waals surface area contributed by atoms with E-state index in [1.807, 2.05) is 24.0 Å². The van der Waals surface area contributed by atoms with Crippen LogP contribution >= 0.6 is 11.8 Å². The fourth-order valence-corrected chi connectivity index (χ4v) is 2.25. The smallest absolute Gasteiger partial charge is 0.315 e. The Morgan fingerprint density at radius 1 is 1.41 bits per heavy atom. The van der Waals surface area contributed by atoms with E-state index in [0.29, 0.717) is 11.3 Å². The zero-order chi connectivity index (χ0) is 12.3. The number of aromatic amines is 1. The Morgan fingerprint density at radius 2 is 2.12 bits per heavy atom. The number of H-pyrrole nitrogens is 1. The number of Topliss-reactive ketones (excluding diaryl/α,β-unsaturated/α-hetero) is 1. The third-order valence-electron chi connectivity index (χ3n) is 2.35. The number of nitrogens with one attached hydrogen (secondary N) is 1. The van der Waals surface area contributed by atoms with Gasteiger partial charge in [-0.2, -0.15) is 0 Å². The van der Waals surface area contributed by atoms with E-state index in [-0.39, 0.29) is 11.5 Å². The molecule has 0 unspecified atom stereocenters. The molecule has 0 spiro atoms. The maximum absolute atomic E-state index is 11.8. The maximum Gasteiger partial charge on any atom is 0.315 e. The van der Waals surface area contributed by atoms with Gasteiger partial charge in [-0.3, -0.25) is 4.79 Å². The molecule has 0 radical (unpaired) electrons. The highest BCUT2D eigenvalue weighted by Gasteiger charge is 2.12. The van der Waals surface area contributed by atoms with Crippen LogP contribution in [0.3, 0.4) is 0 Å². The van der Waals surface area contributed by atoms with Crippen molar-refractivity contribution in [3.63, 3.8) is 0 Å². The van der Waals surface area contributed by atoms with Crippen molar-refractivity contribution in [2.45, 2.75) is 5.16 Å². The molecule has 2 N–H and O–H groups in total. The van der Waals surface area contributed by atoms with Gasteiger partial charge in [-0.1, -0.05) is 0 Å². The number of hydrogen-bond donors (Lipinski definition) is 2. The van der Waals surface area contributed by atoms with E-state index >= 15 is 0 Å². The normalized spacial score (nSPS) is 10.4. The van der Waals surface area contributed by atoms with Gasteiger partial charge in [-0.05, 0) is 36.0 Å². The average Bonchev–Trinajstić information content (AvgIpc) is 2.73. The van der Waals surface area contributed by atoms with Gasteiger partial charge in [0.05, 0.1) is 12.8 Å². The molecule has 0 saturated carbocycles. The van der Waals surface area contributed by atoms with Crippen molar-refractivity contribution >= 4 is 17.5 Å². The zero-order valence-electron chi connectivity index (χ0n) is 9.38. The van der Waals surface area contributed by atoms with Crippen LogP contribution < -0.4 is 4.57 Å². The Balaban J connectivity index is 1.98. The predicted molar refractivity (Wildman–Crippen MR) is 65.1 cm³/mol. The summed E-state index contributed by atoms with van der Waals surface area (Å²) < 4.78 is 1.93. The molecule has 0 aliphatic heterocycles. The fourth-order valence-electron chi connectivity index (χ4n) is 1.40. The number of carbonyl (C=O) groups excluding carboxylic acids is 1. The van der Waals surface area contributed by atoms with Crippen LogP contribution in [0.15, 0.2) is 41.8 Å². The molecular weight excluding hydrogens is 236 g/mol. The van der Waals surface area contributed by atoms with E-state index < -0.39 is 0 Å². The van der Waals surface area contributed by atoms with Gasteiger partial charge in [-0.25, -0.2) is 9.55 Å². The van der Waals surface area contributed by atoms with E-state index in [2.05, 4.69) is 4.98 Å². The lowest BCUT2D eigenvalue weighted by Gasteiger charge is -1.99. The molecule has 0 aliphatic rings. The summed E-state index contributed by atoms with van der Waals surface area (Å²) in [6.45, 7) is 0. The summed E-state index contributed by atoms with van der Waals surface area (Å²) in [5.41, 5.74) is 0.615. The van der Waals surface area contributed by atoms with Crippen LogP contribution in [0.25, 0.3) is 0 Å². The summed E-state index contributed by atoms with van der Waals surface area (Å²) in [7, 11) is 1.92. The summed E-state index contributed by atoms with van der Waals surface area (Å²) in [5.74, 6) is 0.591. The average molecular weight is 249 g/mol. The molecule has 4 nitrogen and oxygen atoms in total. The lowest BCUT2D eigenvalue weighted by atomic mass is 10.1. The Labute approximate surface area is 103 Å². The molecule has 2 rings (SSSR count). The van der Waals surface area contributed by atoms with Gasteiger partial charge >= 0.3 is 5.16 Å². The van der Waals surface area contributed by atoms with Gasteiger partial charge in [0.25, 0.3) is 0 Å². The topological polar surface area (TPSA) is 57.0 Å². The molecule has 0 bridgehead atoms. The van der Waals surface area contributed by atoms with Crippen molar-refractivity contribution in [3.8, 4) is 5.75 Å². The molecule has 0 aliphatic carbocycles. The fraction of sp³-hybridized carbons (Fsp3) is 0.167. The number of phenols is 1. The van der Waals surface area contributed by atoms with E-state index in [0.717, 1.165) is 5.16 Å². The van der Waals surface area contributed by atoms with Gasteiger partial charge in [0.15, 0.2) is 5.78 Å². The third kappa shape index (κ3) is 2.88. The minimum atomic E-state index is 0.0459. The number of aryl methyl sites for hydroxylation is 1. The maximum atomic E-state index is 11.8. The first-order chi connectivity index (χ1) is 8.16. The number of nitrogens with zero attached hydrogens (tertiary/aromatic N) is 1. The van der Waals surface area contributed by atoms with Crippen LogP contribution in [0, 0.1) is 0 Å². The second-order valence-corrected chi connectivity index (χ2v) is 4.60. The highest BCUT2D eigenvalue weighted by Crippen LogP contribution is 2.15. The van der Waals surface area contributed by atoms with Gasteiger partial charge in [-0.15, -0.1) is 0 Å². The Hall–Kier alpha value is -1.75. The second kappa shape index (κ2) is 5.05. The number of aromatic nitrogens is 2. The summed E-state index contributed by atoms with van der Waals surface area (Å²) in [5, 5.41) is 10.1. The number of aromatic hydroxyl groups is 1. The second-order valence-electron chi connectivity index (χ2n) is 3.63. The van der Waals surface area contributed by atoms with Crippen molar-refractivity contribution in [3.05, 3.63) is 42.2 Å². The summed E-state index contributed by atoms with van der Waals surface area (Å²) in [4.78, 5) is 14.9. The third-order valence-corrected chi connectivity index (χ3v) is 3.44.